The summed E-state index contributed by atoms with van der Waals surface area (Å²) < 4.78 is 28.9. The van der Waals surface area contributed by atoms with Crippen LogP contribution in [0.25, 0.3) is 0 Å². The number of nitrogens with one attached hydrogen (secondary N) is 1. The predicted octanol–water partition coefficient (Wildman–Crippen LogP) is 3.87. The van der Waals surface area contributed by atoms with Crippen LogP contribution in [-0.4, -0.2) is 23.4 Å². The van der Waals surface area contributed by atoms with Gasteiger partial charge in [0.2, 0.25) is 0 Å². The summed E-state index contributed by atoms with van der Waals surface area (Å²) in [5.74, 6) is -0.405. The van der Waals surface area contributed by atoms with Crippen LogP contribution in [0.5, 0.6) is 5.75 Å². The van der Waals surface area contributed by atoms with Gasteiger partial charge in [0, 0.05) is 0 Å². The van der Waals surface area contributed by atoms with Crippen molar-refractivity contribution in [3.05, 3.63) is 64.7 Å². The number of ether oxygens (including phenoxy) is 1. The molecule has 0 aliphatic carbocycles. The lowest BCUT2D eigenvalue weighted by Gasteiger charge is -2.23. The lowest BCUT2D eigenvalue weighted by atomic mass is 9.92. The second kappa shape index (κ2) is 6.98. The first-order chi connectivity index (χ1) is 12.7. The standard InChI is InChI=1S/C20H20F2N2O3/c1-12-4-5-13(2)14(10-12)11-24-17(25)20(3,23-19(24)26)15-6-8-16(9-7-15)27-18(21)22/h4-10,18H,11H2,1-3H3,(H,23,26). The van der Waals surface area contributed by atoms with E-state index in [1.807, 2.05) is 32.0 Å². The summed E-state index contributed by atoms with van der Waals surface area (Å²) in [4.78, 5) is 26.6. The van der Waals surface area contributed by atoms with Gasteiger partial charge in [0.05, 0.1) is 6.54 Å². The van der Waals surface area contributed by atoms with Crippen molar-refractivity contribution in [2.45, 2.75) is 39.5 Å². The van der Waals surface area contributed by atoms with E-state index < -0.39 is 24.1 Å². The number of carbonyl (C=O) groups excluding carboxylic acids is 2. The minimum absolute atomic E-state index is 0.0126. The van der Waals surface area contributed by atoms with Crippen molar-refractivity contribution in [3.63, 3.8) is 0 Å². The third-order valence-corrected chi connectivity index (χ3v) is 4.76. The highest BCUT2D eigenvalue weighted by Gasteiger charge is 2.48. The molecule has 3 rings (SSSR count). The van der Waals surface area contributed by atoms with Crippen molar-refractivity contribution in [1.29, 1.82) is 0 Å². The molecule has 2 aromatic carbocycles. The number of benzene rings is 2. The van der Waals surface area contributed by atoms with Crippen molar-refractivity contribution in [3.8, 4) is 5.75 Å². The summed E-state index contributed by atoms with van der Waals surface area (Å²) in [6.07, 6.45) is 0. The summed E-state index contributed by atoms with van der Waals surface area (Å²) in [5, 5.41) is 2.71. The Balaban J connectivity index is 1.85. The van der Waals surface area contributed by atoms with Crippen molar-refractivity contribution in [1.82, 2.24) is 10.2 Å². The van der Waals surface area contributed by atoms with Crippen LogP contribution in [0.4, 0.5) is 13.6 Å². The van der Waals surface area contributed by atoms with E-state index in [1.54, 1.807) is 6.92 Å². The normalized spacial score (nSPS) is 19.6. The topological polar surface area (TPSA) is 58.6 Å². The minimum Gasteiger partial charge on any atom is -0.435 e. The summed E-state index contributed by atoms with van der Waals surface area (Å²) in [7, 11) is 0. The van der Waals surface area contributed by atoms with E-state index in [9.17, 15) is 18.4 Å². The molecule has 0 bridgehead atoms. The molecule has 7 heteroatoms. The van der Waals surface area contributed by atoms with Gasteiger partial charge in [0.1, 0.15) is 11.3 Å². The van der Waals surface area contributed by atoms with E-state index in [1.165, 1.54) is 29.2 Å². The molecule has 1 atom stereocenters. The quantitative estimate of drug-likeness (QED) is 0.809. The zero-order chi connectivity index (χ0) is 19.8. The third-order valence-electron chi connectivity index (χ3n) is 4.76. The van der Waals surface area contributed by atoms with E-state index >= 15 is 0 Å². The number of carbonyl (C=O) groups is 2. The molecule has 1 unspecified atom stereocenters. The van der Waals surface area contributed by atoms with Crippen LogP contribution in [0.3, 0.4) is 0 Å². The van der Waals surface area contributed by atoms with Gasteiger partial charge < -0.3 is 10.1 Å². The molecular formula is C20H20F2N2O3. The molecule has 1 fully saturated rings. The number of alkyl halides is 2. The highest BCUT2D eigenvalue weighted by molar-refractivity contribution is 6.07. The molecule has 1 aliphatic heterocycles. The summed E-state index contributed by atoms with van der Waals surface area (Å²) in [6, 6.07) is 11.1. The first kappa shape index (κ1) is 18.8. The van der Waals surface area contributed by atoms with Gasteiger partial charge in [0.25, 0.3) is 5.91 Å². The number of halogens is 2. The fourth-order valence-corrected chi connectivity index (χ4v) is 3.15. The Kier molecular flexibility index (Phi) is 4.87. The summed E-state index contributed by atoms with van der Waals surface area (Å²) >= 11 is 0. The zero-order valence-corrected chi connectivity index (χ0v) is 15.3. The maximum Gasteiger partial charge on any atom is 0.387 e. The van der Waals surface area contributed by atoms with Gasteiger partial charge in [-0.3, -0.25) is 9.69 Å². The Morgan fingerprint density at radius 1 is 1.11 bits per heavy atom. The zero-order valence-electron chi connectivity index (χ0n) is 15.3. The first-order valence-corrected chi connectivity index (χ1v) is 8.46. The lowest BCUT2D eigenvalue weighted by Crippen LogP contribution is -2.40. The number of amides is 3. The average Bonchev–Trinajstić information content (AvgIpc) is 2.82. The van der Waals surface area contributed by atoms with Crippen LogP contribution < -0.4 is 10.1 Å². The van der Waals surface area contributed by atoms with Gasteiger partial charge in [0.15, 0.2) is 0 Å². The molecule has 3 amide bonds. The highest BCUT2D eigenvalue weighted by Crippen LogP contribution is 2.31. The number of imide groups is 1. The molecule has 27 heavy (non-hydrogen) atoms. The number of aryl methyl sites for hydroxylation is 2. The summed E-state index contributed by atoms with van der Waals surface area (Å²) in [5.41, 5.74) is 2.15. The summed E-state index contributed by atoms with van der Waals surface area (Å²) in [6.45, 7) is 2.71. The molecule has 2 aromatic rings. The first-order valence-electron chi connectivity index (χ1n) is 8.46. The van der Waals surface area contributed by atoms with Gasteiger partial charge in [-0.2, -0.15) is 8.78 Å². The Morgan fingerprint density at radius 2 is 1.78 bits per heavy atom. The number of hydrogen-bond acceptors (Lipinski definition) is 3. The van der Waals surface area contributed by atoms with Crippen LogP contribution in [0.1, 0.15) is 29.2 Å². The fraction of sp³-hybridized carbons (Fsp3) is 0.300. The lowest BCUT2D eigenvalue weighted by molar-refractivity contribution is -0.131. The monoisotopic (exact) mass is 374 g/mol. The molecule has 0 spiro atoms. The molecule has 1 heterocycles. The largest absolute Gasteiger partial charge is 0.435 e. The van der Waals surface area contributed by atoms with E-state index in [4.69, 9.17) is 0 Å². The van der Waals surface area contributed by atoms with Crippen LogP contribution in [0.15, 0.2) is 42.5 Å². The van der Waals surface area contributed by atoms with E-state index in [-0.39, 0.29) is 12.3 Å². The Morgan fingerprint density at radius 3 is 2.41 bits per heavy atom. The number of rotatable bonds is 5. The SMILES string of the molecule is Cc1ccc(C)c(CN2C(=O)NC(C)(c3ccc(OC(F)F)cc3)C2=O)c1. The Bertz CT molecular complexity index is 883. The third kappa shape index (κ3) is 3.63. The van der Waals surface area contributed by atoms with E-state index in [0.29, 0.717) is 5.56 Å². The molecule has 1 aliphatic rings. The molecule has 5 nitrogen and oxygen atoms in total. The maximum atomic E-state index is 13.0. The average molecular weight is 374 g/mol. The Labute approximate surface area is 155 Å². The van der Waals surface area contributed by atoms with Crippen LogP contribution in [0, 0.1) is 13.8 Å². The second-order valence-electron chi connectivity index (χ2n) is 6.78. The number of nitrogens with zero attached hydrogens (tertiary/aromatic N) is 1. The maximum absolute atomic E-state index is 13.0. The fourth-order valence-electron chi connectivity index (χ4n) is 3.15. The molecule has 0 radical (unpaired) electrons. The molecule has 0 aromatic heterocycles. The van der Waals surface area contributed by atoms with Crippen molar-refractivity contribution in [2.75, 3.05) is 0 Å². The smallest absolute Gasteiger partial charge is 0.387 e. The van der Waals surface area contributed by atoms with Gasteiger partial charge in [-0.1, -0.05) is 35.9 Å². The number of urea groups is 1. The Hall–Kier alpha value is -2.96. The number of hydrogen-bond donors (Lipinski definition) is 1. The van der Waals surface area contributed by atoms with Gasteiger partial charge in [-0.25, -0.2) is 4.79 Å². The van der Waals surface area contributed by atoms with Crippen LogP contribution in [0.2, 0.25) is 0 Å². The van der Waals surface area contributed by atoms with Crippen molar-refractivity contribution >= 4 is 11.9 Å². The van der Waals surface area contributed by atoms with E-state index in [0.717, 1.165) is 16.7 Å². The van der Waals surface area contributed by atoms with Crippen LogP contribution in [-0.2, 0) is 16.9 Å². The van der Waals surface area contributed by atoms with Crippen LogP contribution >= 0.6 is 0 Å². The predicted molar refractivity (Wildman–Crippen MR) is 95.4 cm³/mol. The van der Waals surface area contributed by atoms with Gasteiger partial charge in [-0.15, -0.1) is 0 Å². The highest BCUT2D eigenvalue weighted by atomic mass is 19.3. The molecule has 1 N–H and O–H groups in total. The minimum atomic E-state index is -2.92. The van der Waals surface area contributed by atoms with Crippen molar-refractivity contribution in [2.24, 2.45) is 0 Å². The molecule has 142 valence electrons. The van der Waals surface area contributed by atoms with Gasteiger partial charge >= 0.3 is 12.6 Å². The van der Waals surface area contributed by atoms with Crippen molar-refractivity contribution < 1.29 is 23.1 Å². The van der Waals surface area contributed by atoms with E-state index in [2.05, 4.69) is 10.1 Å². The molecule has 1 saturated heterocycles. The second-order valence-corrected chi connectivity index (χ2v) is 6.78. The molecular weight excluding hydrogens is 354 g/mol. The molecule has 0 saturated carbocycles. The van der Waals surface area contributed by atoms with Gasteiger partial charge in [-0.05, 0) is 49.6 Å².